The van der Waals surface area contributed by atoms with E-state index in [-0.39, 0.29) is 0 Å². The lowest BCUT2D eigenvalue weighted by molar-refractivity contribution is 0.474. The van der Waals surface area contributed by atoms with E-state index < -0.39 is 0 Å². The van der Waals surface area contributed by atoms with Crippen molar-refractivity contribution in [3.8, 4) is 16.9 Å². The third-order valence-electron chi connectivity index (χ3n) is 3.40. The lowest BCUT2D eigenvalue weighted by Gasteiger charge is -2.25. The lowest BCUT2D eigenvalue weighted by Crippen LogP contribution is -2.07. The number of hydrogen-bond donors (Lipinski definition) is 1. The van der Waals surface area contributed by atoms with Gasteiger partial charge < -0.3 is 5.11 Å². The Morgan fingerprint density at radius 3 is 2.75 bits per heavy atom. The summed E-state index contributed by atoms with van der Waals surface area (Å²) in [5.41, 5.74) is 5.26. The Kier molecular flexibility index (Phi) is 2.00. The smallest absolute Gasteiger partial charge is 0.115 e. The van der Waals surface area contributed by atoms with Crippen LogP contribution in [-0.4, -0.2) is 5.11 Å². The number of benzene rings is 2. The molecule has 2 aromatic carbocycles. The van der Waals surface area contributed by atoms with Gasteiger partial charge in [-0.1, -0.05) is 37.3 Å². The Hall–Kier alpha value is -1.76. The average molecular weight is 210 g/mol. The Morgan fingerprint density at radius 2 is 1.88 bits per heavy atom. The van der Waals surface area contributed by atoms with E-state index in [1.165, 1.54) is 22.3 Å². The van der Waals surface area contributed by atoms with Crippen LogP contribution in [0.25, 0.3) is 11.1 Å². The summed E-state index contributed by atoms with van der Waals surface area (Å²) >= 11 is 0. The molecule has 1 heteroatoms. The van der Waals surface area contributed by atoms with Crippen molar-refractivity contribution in [3.63, 3.8) is 0 Å². The van der Waals surface area contributed by atoms with Crippen LogP contribution in [0, 0.1) is 0 Å². The Balaban J connectivity index is 2.27. The van der Waals surface area contributed by atoms with Gasteiger partial charge in [0.15, 0.2) is 0 Å². The van der Waals surface area contributed by atoms with Gasteiger partial charge in [0.2, 0.25) is 0 Å². The fraction of sp³-hybridized carbons (Fsp3) is 0.200. The molecule has 0 bridgehead atoms. The molecule has 1 unspecified atom stereocenters. The van der Waals surface area contributed by atoms with E-state index in [9.17, 15) is 5.11 Å². The van der Waals surface area contributed by atoms with E-state index in [1.54, 1.807) is 6.07 Å². The van der Waals surface area contributed by atoms with E-state index in [1.807, 2.05) is 12.1 Å². The molecule has 0 aliphatic heterocycles. The fourth-order valence-electron chi connectivity index (χ4n) is 2.62. The van der Waals surface area contributed by atoms with Crippen LogP contribution in [0.1, 0.15) is 24.0 Å². The highest BCUT2D eigenvalue weighted by molar-refractivity contribution is 5.74. The minimum absolute atomic E-state index is 0.366. The van der Waals surface area contributed by atoms with Crippen molar-refractivity contribution in [3.05, 3.63) is 53.6 Å². The van der Waals surface area contributed by atoms with Crippen LogP contribution in [0.15, 0.2) is 42.5 Å². The lowest BCUT2D eigenvalue weighted by atomic mass is 9.79. The second-order valence-electron chi connectivity index (χ2n) is 4.53. The quantitative estimate of drug-likeness (QED) is 0.702. The van der Waals surface area contributed by atoms with Crippen molar-refractivity contribution in [2.45, 2.75) is 19.3 Å². The van der Waals surface area contributed by atoms with Crippen molar-refractivity contribution < 1.29 is 5.11 Å². The monoisotopic (exact) mass is 210 g/mol. The summed E-state index contributed by atoms with van der Waals surface area (Å²) in [4.78, 5) is 0. The first kappa shape index (κ1) is 9.46. The SMILES string of the molecule is CC1Cc2cc(O)ccc2-c2ccccc21. The van der Waals surface area contributed by atoms with Crippen molar-refractivity contribution in [2.24, 2.45) is 0 Å². The predicted octanol–water partition coefficient (Wildman–Crippen LogP) is 3.72. The van der Waals surface area contributed by atoms with Crippen LogP contribution in [0.3, 0.4) is 0 Å². The number of fused-ring (bicyclic) bond motifs is 3. The maximum absolute atomic E-state index is 9.52. The molecule has 0 spiro atoms. The van der Waals surface area contributed by atoms with Crippen LogP contribution >= 0.6 is 0 Å². The topological polar surface area (TPSA) is 20.2 Å². The number of phenols is 1. The molecule has 2 aromatic rings. The van der Waals surface area contributed by atoms with Gasteiger partial charge >= 0.3 is 0 Å². The maximum Gasteiger partial charge on any atom is 0.115 e. The summed E-state index contributed by atoms with van der Waals surface area (Å²) in [5.74, 6) is 0.899. The molecule has 0 fully saturated rings. The second-order valence-corrected chi connectivity index (χ2v) is 4.53. The molecule has 0 heterocycles. The van der Waals surface area contributed by atoms with E-state index in [2.05, 4.69) is 31.2 Å². The molecular weight excluding hydrogens is 196 g/mol. The van der Waals surface area contributed by atoms with Gasteiger partial charge in [-0.3, -0.25) is 0 Å². The largest absolute Gasteiger partial charge is 0.508 e. The number of aromatic hydroxyl groups is 1. The van der Waals surface area contributed by atoms with Gasteiger partial charge in [0.1, 0.15) is 5.75 Å². The first-order valence-electron chi connectivity index (χ1n) is 5.67. The average Bonchev–Trinajstić information content (AvgIpc) is 2.29. The van der Waals surface area contributed by atoms with E-state index >= 15 is 0 Å². The van der Waals surface area contributed by atoms with Crippen LogP contribution in [0.5, 0.6) is 5.75 Å². The molecule has 0 saturated carbocycles. The third kappa shape index (κ3) is 1.32. The van der Waals surface area contributed by atoms with Crippen LogP contribution < -0.4 is 0 Å². The van der Waals surface area contributed by atoms with E-state index in [4.69, 9.17) is 0 Å². The predicted molar refractivity (Wildman–Crippen MR) is 65.7 cm³/mol. The number of rotatable bonds is 0. The molecule has 1 aliphatic rings. The van der Waals surface area contributed by atoms with Crippen molar-refractivity contribution >= 4 is 0 Å². The van der Waals surface area contributed by atoms with Gasteiger partial charge in [0.25, 0.3) is 0 Å². The normalized spacial score (nSPS) is 17.7. The first-order valence-corrected chi connectivity index (χ1v) is 5.67. The second kappa shape index (κ2) is 3.38. The summed E-state index contributed by atoms with van der Waals surface area (Å²) < 4.78 is 0. The van der Waals surface area contributed by atoms with Crippen molar-refractivity contribution in [2.75, 3.05) is 0 Å². The van der Waals surface area contributed by atoms with Gasteiger partial charge in [-0.25, -0.2) is 0 Å². The van der Waals surface area contributed by atoms with Gasteiger partial charge in [-0.05, 0) is 46.7 Å². The molecule has 16 heavy (non-hydrogen) atoms. The minimum atomic E-state index is 0.366. The van der Waals surface area contributed by atoms with Crippen LogP contribution in [0.2, 0.25) is 0 Å². The van der Waals surface area contributed by atoms with Gasteiger partial charge in [0.05, 0.1) is 0 Å². The molecule has 1 N–H and O–H groups in total. The summed E-state index contributed by atoms with van der Waals surface area (Å²) in [6, 6.07) is 14.2. The molecule has 0 radical (unpaired) electrons. The first-order chi connectivity index (χ1) is 7.75. The van der Waals surface area contributed by atoms with Crippen LogP contribution in [0.4, 0.5) is 0 Å². The molecule has 0 saturated heterocycles. The fourth-order valence-corrected chi connectivity index (χ4v) is 2.62. The molecule has 80 valence electrons. The van der Waals surface area contributed by atoms with Crippen molar-refractivity contribution in [1.82, 2.24) is 0 Å². The molecule has 3 rings (SSSR count). The van der Waals surface area contributed by atoms with Crippen LogP contribution in [-0.2, 0) is 6.42 Å². The van der Waals surface area contributed by atoms with E-state index in [0.29, 0.717) is 11.7 Å². The highest BCUT2D eigenvalue weighted by Crippen LogP contribution is 2.40. The Labute approximate surface area is 95.4 Å². The zero-order valence-electron chi connectivity index (χ0n) is 9.27. The summed E-state index contributed by atoms with van der Waals surface area (Å²) in [7, 11) is 0. The highest BCUT2D eigenvalue weighted by Gasteiger charge is 2.20. The zero-order chi connectivity index (χ0) is 11.1. The molecule has 0 amide bonds. The molecular formula is C15H14O. The number of phenolic OH excluding ortho intramolecular Hbond substituents is 1. The Bertz CT molecular complexity index is 543. The van der Waals surface area contributed by atoms with Crippen molar-refractivity contribution in [1.29, 1.82) is 0 Å². The molecule has 0 aromatic heterocycles. The molecule has 1 atom stereocenters. The van der Waals surface area contributed by atoms with Gasteiger partial charge in [-0.15, -0.1) is 0 Å². The summed E-state index contributed by atoms with van der Waals surface area (Å²) in [6.45, 7) is 2.24. The zero-order valence-corrected chi connectivity index (χ0v) is 9.27. The molecule has 1 nitrogen and oxygen atoms in total. The van der Waals surface area contributed by atoms with Gasteiger partial charge in [-0.2, -0.15) is 0 Å². The maximum atomic E-state index is 9.52. The van der Waals surface area contributed by atoms with Gasteiger partial charge in [0, 0.05) is 0 Å². The third-order valence-corrected chi connectivity index (χ3v) is 3.40. The highest BCUT2D eigenvalue weighted by atomic mass is 16.3. The Morgan fingerprint density at radius 1 is 1.06 bits per heavy atom. The molecule has 1 aliphatic carbocycles. The summed E-state index contributed by atoms with van der Waals surface area (Å²) in [5, 5.41) is 9.52. The summed E-state index contributed by atoms with van der Waals surface area (Å²) in [6.07, 6.45) is 1.01. The number of hydrogen-bond acceptors (Lipinski definition) is 1. The standard InChI is InChI=1S/C15H14O/c1-10-8-11-9-12(16)6-7-14(11)15-5-3-2-4-13(10)15/h2-7,9-10,16H,8H2,1H3. The minimum Gasteiger partial charge on any atom is -0.508 e. The van der Waals surface area contributed by atoms with E-state index in [0.717, 1.165) is 6.42 Å².